The van der Waals surface area contributed by atoms with Gasteiger partial charge >= 0.3 is 0 Å². The lowest BCUT2D eigenvalue weighted by Gasteiger charge is -2.31. The molecular weight excluding hydrogens is 685 g/mol. The number of nitrogens with zero attached hydrogens (tertiary/aromatic N) is 2. The molecule has 0 fully saturated rings. The fraction of sp³-hybridized carbons (Fsp3) is 0. The van der Waals surface area contributed by atoms with Crippen molar-refractivity contribution in [2.45, 2.75) is 0 Å². The van der Waals surface area contributed by atoms with E-state index in [4.69, 9.17) is 8.83 Å². The van der Waals surface area contributed by atoms with Crippen LogP contribution >= 0.6 is 0 Å². The van der Waals surface area contributed by atoms with Crippen LogP contribution in [-0.2, 0) is 0 Å². The van der Waals surface area contributed by atoms with Gasteiger partial charge in [0.25, 0.3) is 0 Å². The molecule has 0 saturated heterocycles. The van der Waals surface area contributed by atoms with Crippen molar-refractivity contribution >= 4 is 88.8 Å². The minimum atomic E-state index is 0.847. The number of benzene rings is 9. The van der Waals surface area contributed by atoms with E-state index in [2.05, 4.69) is 192 Å². The molecule has 1 aliphatic rings. The van der Waals surface area contributed by atoms with Gasteiger partial charge in [-0.2, -0.15) is 0 Å². The Morgan fingerprint density at radius 3 is 1.66 bits per heavy atom. The van der Waals surface area contributed by atoms with Gasteiger partial charge < -0.3 is 18.6 Å². The van der Waals surface area contributed by atoms with Gasteiger partial charge in [0.05, 0.1) is 17.1 Å². The summed E-state index contributed by atoms with van der Waals surface area (Å²) in [6.45, 7) is 0. The van der Waals surface area contributed by atoms with Gasteiger partial charge in [0.2, 0.25) is 0 Å². The maximum absolute atomic E-state index is 7.09. The van der Waals surface area contributed by atoms with Crippen LogP contribution in [0.5, 0.6) is 0 Å². The third kappa shape index (κ3) is 4.66. The summed E-state index contributed by atoms with van der Waals surface area (Å²) in [6.07, 6.45) is 0. The first-order valence-corrected chi connectivity index (χ1v) is 19.0. The topological polar surface area (TPSA) is 32.8 Å². The summed E-state index contributed by atoms with van der Waals surface area (Å²) < 4.78 is 13.4. The van der Waals surface area contributed by atoms with Crippen molar-refractivity contribution in [3.05, 3.63) is 194 Å². The number of rotatable bonds is 4. The fourth-order valence-corrected chi connectivity index (χ4v) is 8.74. The zero-order chi connectivity index (χ0) is 36.7. The molecule has 0 atom stereocenters. The van der Waals surface area contributed by atoms with E-state index in [0.717, 1.165) is 94.5 Å². The van der Waals surface area contributed by atoms with Crippen molar-refractivity contribution in [2.24, 2.45) is 0 Å². The lowest BCUT2D eigenvalue weighted by Crippen LogP contribution is -2.14. The van der Waals surface area contributed by atoms with Crippen molar-refractivity contribution in [2.75, 3.05) is 9.80 Å². The number of furan rings is 2. The quantitative estimate of drug-likeness (QED) is 0.182. The number of para-hydroxylation sites is 3. The summed E-state index contributed by atoms with van der Waals surface area (Å²) in [5.74, 6) is 0. The first-order chi connectivity index (χ1) is 27.7. The van der Waals surface area contributed by atoms with E-state index in [-0.39, 0.29) is 0 Å². The van der Waals surface area contributed by atoms with Crippen LogP contribution in [-0.4, -0.2) is 0 Å². The molecule has 0 radical (unpaired) electrons. The van der Waals surface area contributed by atoms with Crippen molar-refractivity contribution in [3.8, 4) is 22.3 Å². The molecule has 3 heterocycles. The van der Waals surface area contributed by atoms with Gasteiger partial charge in [0.1, 0.15) is 11.2 Å². The molecule has 12 rings (SSSR count). The van der Waals surface area contributed by atoms with E-state index in [1.54, 1.807) is 0 Å². The molecule has 0 saturated carbocycles. The number of anilines is 6. The summed E-state index contributed by atoms with van der Waals surface area (Å²) in [5.41, 5.74) is 14.1. The van der Waals surface area contributed by atoms with E-state index in [9.17, 15) is 0 Å². The van der Waals surface area contributed by atoms with Crippen LogP contribution in [0.15, 0.2) is 203 Å². The van der Waals surface area contributed by atoms with Crippen molar-refractivity contribution < 1.29 is 8.83 Å². The van der Waals surface area contributed by atoms with Gasteiger partial charge in [0.15, 0.2) is 11.2 Å². The van der Waals surface area contributed by atoms with Gasteiger partial charge in [-0.25, -0.2) is 0 Å². The van der Waals surface area contributed by atoms with Crippen LogP contribution < -0.4 is 9.80 Å². The molecule has 56 heavy (non-hydrogen) atoms. The molecule has 9 aromatic carbocycles. The van der Waals surface area contributed by atoms with Gasteiger partial charge in [-0.3, -0.25) is 0 Å². The summed E-state index contributed by atoms with van der Waals surface area (Å²) in [5, 5.41) is 6.70. The monoisotopic (exact) mass is 716 g/mol. The van der Waals surface area contributed by atoms with E-state index in [0.29, 0.717) is 0 Å². The highest BCUT2D eigenvalue weighted by atomic mass is 16.3. The molecule has 11 aromatic rings. The second-order valence-electron chi connectivity index (χ2n) is 14.5. The Bertz CT molecular complexity index is 3320. The predicted octanol–water partition coefficient (Wildman–Crippen LogP) is 15.2. The molecule has 0 N–H and O–H groups in total. The van der Waals surface area contributed by atoms with Crippen LogP contribution in [0, 0.1) is 0 Å². The Labute approximate surface area is 322 Å². The van der Waals surface area contributed by atoms with Gasteiger partial charge in [-0.15, -0.1) is 0 Å². The van der Waals surface area contributed by atoms with Crippen molar-refractivity contribution in [3.63, 3.8) is 0 Å². The minimum Gasteiger partial charge on any atom is -0.456 e. The summed E-state index contributed by atoms with van der Waals surface area (Å²) in [6, 6.07) is 69.4. The summed E-state index contributed by atoms with van der Waals surface area (Å²) in [7, 11) is 0. The van der Waals surface area contributed by atoms with Crippen LogP contribution in [0.3, 0.4) is 0 Å². The molecule has 4 heteroatoms. The van der Waals surface area contributed by atoms with Crippen molar-refractivity contribution in [1.82, 2.24) is 0 Å². The Hall–Kier alpha value is -7.56. The Balaban J connectivity index is 1.18. The van der Waals surface area contributed by atoms with E-state index < -0.39 is 0 Å². The normalized spacial score (nSPS) is 12.6. The lowest BCUT2D eigenvalue weighted by molar-refractivity contribution is 0.668. The molecular formula is C52H32N2O2. The number of hydrogen-bond donors (Lipinski definition) is 0. The highest BCUT2D eigenvalue weighted by Gasteiger charge is 2.27. The van der Waals surface area contributed by atoms with E-state index >= 15 is 0 Å². The molecule has 1 aliphatic heterocycles. The predicted molar refractivity (Wildman–Crippen MR) is 232 cm³/mol. The molecule has 0 unspecified atom stereocenters. The smallest absolute Gasteiger partial charge is 0.159 e. The number of fused-ring (bicyclic) bond motifs is 7. The van der Waals surface area contributed by atoms with Gasteiger partial charge in [-0.1, -0.05) is 127 Å². The first kappa shape index (κ1) is 30.9. The van der Waals surface area contributed by atoms with E-state index in [1.165, 1.54) is 16.5 Å². The Morgan fingerprint density at radius 2 is 0.857 bits per heavy atom. The third-order valence-corrected chi connectivity index (χ3v) is 11.3. The van der Waals surface area contributed by atoms with Gasteiger partial charge in [-0.05, 0) is 94.4 Å². The largest absolute Gasteiger partial charge is 0.456 e. The molecule has 4 bridgehead atoms. The zero-order valence-corrected chi connectivity index (χ0v) is 30.2. The molecule has 0 spiro atoms. The second kappa shape index (κ2) is 12.0. The van der Waals surface area contributed by atoms with E-state index in [1.807, 2.05) is 12.1 Å². The van der Waals surface area contributed by atoms with Crippen LogP contribution in [0.2, 0.25) is 0 Å². The Morgan fingerprint density at radius 1 is 0.286 bits per heavy atom. The van der Waals surface area contributed by atoms with Crippen LogP contribution in [0.25, 0.3) is 76.9 Å². The maximum Gasteiger partial charge on any atom is 0.159 e. The lowest BCUT2D eigenvalue weighted by atomic mass is 9.99. The average molecular weight is 717 g/mol. The maximum atomic E-state index is 7.09. The van der Waals surface area contributed by atoms with Gasteiger partial charge in [0, 0.05) is 44.0 Å². The highest BCUT2D eigenvalue weighted by Crippen LogP contribution is 2.51. The minimum absolute atomic E-state index is 0.847. The summed E-state index contributed by atoms with van der Waals surface area (Å²) in [4.78, 5) is 4.73. The third-order valence-electron chi connectivity index (χ3n) is 11.3. The Kier molecular flexibility index (Phi) is 6.60. The molecule has 0 aliphatic carbocycles. The molecule has 0 amide bonds. The van der Waals surface area contributed by atoms with Crippen LogP contribution in [0.4, 0.5) is 34.1 Å². The van der Waals surface area contributed by atoms with Crippen LogP contribution in [0.1, 0.15) is 0 Å². The molecule has 262 valence electrons. The fourth-order valence-electron chi connectivity index (χ4n) is 8.74. The molecule has 4 nitrogen and oxygen atoms in total. The average Bonchev–Trinajstić information content (AvgIpc) is 3.83. The first-order valence-electron chi connectivity index (χ1n) is 19.0. The standard InChI is InChI=1S/C52H32N2O2/c1-2-11-33(12-3-1)34-23-26-38(27-24-34)53-39-29-37(36-25-28-50-45(31-36)42-16-6-7-22-49(42)55-50)30-40(32-39)54(46-19-8-14-35-13-4-5-15-41(35)46)48-21-10-18-44-43-17-9-20-47(53)51(43)56-52(44)48/h1-32H. The SMILES string of the molecule is c1ccc(-c2ccc(N3c4cc(-c5ccc6oc7ccccc7c6c5)cc(c4)N(c4cccc5ccccc45)c4cccc5c4oc4c3cccc45)cc2)cc1. The second-order valence-corrected chi connectivity index (χ2v) is 14.5. The zero-order valence-electron chi connectivity index (χ0n) is 30.2. The molecule has 2 aromatic heterocycles. The summed E-state index contributed by atoms with van der Waals surface area (Å²) >= 11 is 0. The number of hydrogen-bond acceptors (Lipinski definition) is 4. The van der Waals surface area contributed by atoms with Crippen molar-refractivity contribution in [1.29, 1.82) is 0 Å². The highest BCUT2D eigenvalue weighted by molar-refractivity contribution is 6.16.